The molecule has 0 unspecified atom stereocenters. The predicted molar refractivity (Wildman–Crippen MR) is 71.5 cm³/mol. The molecule has 1 amide bonds. The Morgan fingerprint density at radius 1 is 1.29 bits per heavy atom. The van der Waals surface area contributed by atoms with Gasteiger partial charge in [0.2, 0.25) is 0 Å². The van der Waals surface area contributed by atoms with Crippen molar-refractivity contribution in [1.82, 2.24) is 5.32 Å². The smallest absolute Gasteiger partial charge is 0.326 e. The van der Waals surface area contributed by atoms with Crippen molar-refractivity contribution in [2.75, 3.05) is 0 Å². The molecule has 0 saturated heterocycles. The second-order valence-corrected chi connectivity index (χ2v) is 4.63. The molecule has 0 bridgehead atoms. The Labute approximate surface area is 120 Å². The minimum Gasteiger partial charge on any atom is -0.481 e. The molecule has 0 aliphatic rings. The lowest BCUT2D eigenvalue weighted by molar-refractivity contribution is -0.140. The first kappa shape index (κ1) is 16.6. The molecule has 3 N–H and O–H groups in total. The molecule has 0 aliphatic heterocycles. The Hall–Kier alpha value is -2.44. The van der Waals surface area contributed by atoms with Crippen LogP contribution in [0.5, 0.6) is 0 Å². The zero-order chi connectivity index (χ0) is 16.0. The summed E-state index contributed by atoms with van der Waals surface area (Å²) in [5.74, 6) is -3.91. The second-order valence-electron chi connectivity index (χ2n) is 4.63. The third kappa shape index (κ3) is 5.21. The summed E-state index contributed by atoms with van der Waals surface area (Å²) in [6.45, 7) is 1.66. The normalized spacial score (nSPS) is 11.7. The number of hydrogen-bond acceptors (Lipinski definition) is 3. The van der Waals surface area contributed by atoms with Crippen LogP contribution in [0.1, 0.15) is 35.2 Å². The van der Waals surface area contributed by atoms with Crippen molar-refractivity contribution in [1.29, 1.82) is 0 Å². The number of halogens is 1. The first-order chi connectivity index (χ1) is 9.81. The molecule has 114 valence electrons. The lowest BCUT2D eigenvalue weighted by Gasteiger charge is -2.14. The summed E-state index contributed by atoms with van der Waals surface area (Å²) in [4.78, 5) is 33.3. The molecule has 0 aromatic heterocycles. The van der Waals surface area contributed by atoms with E-state index >= 15 is 0 Å². The molecule has 0 heterocycles. The first-order valence-corrected chi connectivity index (χ1v) is 6.33. The van der Waals surface area contributed by atoms with E-state index in [1.165, 1.54) is 18.2 Å². The standard InChI is InChI=1S/C14H16FNO5/c1-8-5-6-9(10(15)7-8)13(19)16-11(14(20)21)3-2-4-12(17)18/h5-7,11H,2-4H2,1H3,(H,16,19)(H,17,18)(H,20,21)/t11-/m1/s1. The number of carbonyl (C=O) groups is 3. The summed E-state index contributed by atoms with van der Waals surface area (Å²) in [6, 6.07) is 2.74. The van der Waals surface area contributed by atoms with Crippen LogP contribution in [-0.2, 0) is 9.59 Å². The number of benzene rings is 1. The fourth-order valence-corrected chi connectivity index (χ4v) is 1.76. The van der Waals surface area contributed by atoms with Crippen LogP contribution in [0.3, 0.4) is 0 Å². The number of aryl methyl sites for hydroxylation is 1. The summed E-state index contributed by atoms with van der Waals surface area (Å²) in [5.41, 5.74) is 0.394. The quantitative estimate of drug-likeness (QED) is 0.708. The summed E-state index contributed by atoms with van der Waals surface area (Å²) >= 11 is 0. The highest BCUT2D eigenvalue weighted by Crippen LogP contribution is 2.11. The number of carboxylic acid groups (broad SMARTS) is 2. The minimum absolute atomic E-state index is 0.0408. The molecule has 1 atom stereocenters. The average Bonchev–Trinajstić information content (AvgIpc) is 2.36. The Morgan fingerprint density at radius 3 is 2.48 bits per heavy atom. The van der Waals surface area contributed by atoms with Gasteiger partial charge in [-0.3, -0.25) is 9.59 Å². The third-order valence-corrected chi connectivity index (χ3v) is 2.86. The molecular weight excluding hydrogens is 281 g/mol. The predicted octanol–water partition coefficient (Wildman–Crippen LogP) is 1.57. The van der Waals surface area contributed by atoms with Crippen LogP contribution in [0.2, 0.25) is 0 Å². The SMILES string of the molecule is Cc1ccc(C(=O)N[C@H](CCCC(=O)O)C(=O)O)c(F)c1. The van der Waals surface area contributed by atoms with E-state index in [0.717, 1.165) is 0 Å². The van der Waals surface area contributed by atoms with Crippen LogP contribution < -0.4 is 5.32 Å². The van der Waals surface area contributed by atoms with E-state index in [4.69, 9.17) is 10.2 Å². The summed E-state index contributed by atoms with van der Waals surface area (Å²) in [7, 11) is 0. The maximum absolute atomic E-state index is 13.6. The summed E-state index contributed by atoms with van der Waals surface area (Å²) < 4.78 is 13.6. The molecule has 21 heavy (non-hydrogen) atoms. The molecule has 1 aromatic rings. The van der Waals surface area contributed by atoms with Gasteiger partial charge in [0.1, 0.15) is 11.9 Å². The molecule has 7 heteroatoms. The van der Waals surface area contributed by atoms with Gasteiger partial charge in [-0.1, -0.05) is 6.07 Å². The molecular formula is C14H16FNO5. The Balaban J connectivity index is 2.72. The lowest BCUT2D eigenvalue weighted by Crippen LogP contribution is -2.41. The Morgan fingerprint density at radius 2 is 1.95 bits per heavy atom. The topological polar surface area (TPSA) is 104 Å². The van der Waals surface area contributed by atoms with Crippen LogP contribution in [-0.4, -0.2) is 34.1 Å². The number of amides is 1. The van der Waals surface area contributed by atoms with Gasteiger partial charge < -0.3 is 15.5 Å². The van der Waals surface area contributed by atoms with Gasteiger partial charge in [0.15, 0.2) is 0 Å². The molecule has 1 aromatic carbocycles. The zero-order valence-electron chi connectivity index (χ0n) is 11.4. The van der Waals surface area contributed by atoms with Gasteiger partial charge in [0.25, 0.3) is 5.91 Å². The van der Waals surface area contributed by atoms with Gasteiger partial charge in [-0.15, -0.1) is 0 Å². The number of aliphatic carboxylic acids is 2. The van der Waals surface area contributed by atoms with Crippen LogP contribution in [0, 0.1) is 12.7 Å². The summed E-state index contributed by atoms with van der Waals surface area (Å²) in [5, 5.41) is 19.7. The van der Waals surface area contributed by atoms with E-state index in [2.05, 4.69) is 5.32 Å². The van der Waals surface area contributed by atoms with Crippen molar-refractivity contribution in [3.8, 4) is 0 Å². The van der Waals surface area contributed by atoms with Gasteiger partial charge in [-0.2, -0.15) is 0 Å². The maximum Gasteiger partial charge on any atom is 0.326 e. The monoisotopic (exact) mass is 297 g/mol. The number of carbonyl (C=O) groups excluding carboxylic acids is 1. The molecule has 1 rings (SSSR count). The highest BCUT2D eigenvalue weighted by Gasteiger charge is 2.22. The van der Waals surface area contributed by atoms with Crippen LogP contribution in [0.25, 0.3) is 0 Å². The molecule has 0 aliphatic carbocycles. The fraction of sp³-hybridized carbons (Fsp3) is 0.357. The number of nitrogens with one attached hydrogen (secondary N) is 1. The maximum atomic E-state index is 13.6. The number of hydrogen-bond donors (Lipinski definition) is 3. The van der Waals surface area contributed by atoms with E-state index in [9.17, 15) is 18.8 Å². The van der Waals surface area contributed by atoms with Gasteiger partial charge in [-0.25, -0.2) is 9.18 Å². The third-order valence-electron chi connectivity index (χ3n) is 2.86. The molecule has 0 saturated carbocycles. The number of rotatable bonds is 7. The number of carboxylic acids is 2. The minimum atomic E-state index is -1.29. The van der Waals surface area contributed by atoms with Crippen molar-refractivity contribution >= 4 is 17.8 Å². The fourth-order valence-electron chi connectivity index (χ4n) is 1.76. The molecule has 0 radical (unpaired) electrons. The summed E-state index contributed by atoms with van der Waals surface area (Å²) in [6.07, 6.45) is -0.137. The van der Waals surface area contributed by atoms with E-state index in [1.807, 2.05) is 0 Å². The van der Waals surface area contributed by atoms with Crippen LogP contribution in [0.4, 0.5) is 4.39 Å². The van der Waals surface area contributed by atoms with Crippen LogP contribution in [0.15, 0.2) is 18.2 Å². The van der Waals surface area contributed by atoms with E-state index in [1.54, 1.807) is 6.92 Å². The van der Waals surface area contributed by atoms with Crippen LogP contribution >= 0.6 is 0 Å². The van der Waals surface area contributed by atoms with Gasteiger partial charge >= 0.3 is 11.9 Å². The van der Waals surface area contributed by atoms with Crippen molar-refractivity contribution in [3.63, 3.8) is 0 Å². The highest BCUT2D eigenvalue weighted by molar-refractivity contribution is 5.96. The zero-order valence-corrected chi connectivity index (χ0v) is 11.4. The van der Waals surface area contributed by atoms with Gasteiger partial charge in [0.05, 0.1) is 5.56 Å². The van der Waals surface area contributed by atoms with Crippen molar-refractivity contribution in [2.24, 2.45) is 0 Å². The average molecular weight is 297 g/mol. The molecule has 6 nitrogen and oxygen atoms in total. The second kappa shape index (κ2) is 7.37. The Bertz CT molecular complexity index is 558. The van der Waals surface area contributed by atoms with Gasteiger partial charge in [-0.05, 0) is 37.5 Å². The van der Waals surface area contributed by atoms with E-state index in [-0.39, 0.29) is 24.8 Å². The highest BCUT2D eigenvalue weighted by atomic mass is 19.1. The Kier molecular flexibility index (Phi) is 5.83. The van der Waals surface area contributed by atoms with Gasteiger partial charge in [0, 0.05) is 6.42 Å². The first-order valence-electron chi connectivity index (χ1n) is 6.33. The van der Waals surface area contributed by atoms with Crippen molar-refractivity contribution < 1.29 is 29.0 Å². The molecule has 0 fully saturated rings. The van der Waals surface area contributed by atoms with Crippen molar-refractivity contribution in [2.45, 2.75) is 32.2 Å². The van der Waals surface area contributed by atoms with E-state index in [0.29, 0.717) is 5.56 Å². The van der Waals surface area contributed by atoms with E-state index < -0.39 is 29.7 Å². The molecule has 0 spiro atoms. The van der Waals surface area contributed by atoms with Crippen molar-refractivity contribution in [3.05, 3.63) is 35.1 Å². The largest absolute Gasteiger partial charge is 0.481 e. The lowest BCUT2D eigenvalue weighted by atomic mass is 10.1.